The third kappa shape index (κ3) is 2.84. The lowest BCUT2D eigenvalue weighted by molar-refractivity contribution is 1.40. The third-order valence-electron chi connectivity index (χ3n) is 2.03. The van der Waals surface area contributed by atoms with E-state index in [1.807, 2.05) is 42.5 Å². The van der Waals surface area contributed by atoms with Gasteiger partial charge in [-0.05, 0) is 52.9 Å². The predicted molar refractivity (Wildman–Crippen MR) is 79.1 cm³/mol. The van der Waals surface area contributed by atoms with E-state index in [1.165, 1.54) is 0 Å². The predicted octanol–water partition coefficient (Wildman–Crippen LogP) is 4.68. The second-order valence-electron chi connectivity index (χ2n) is 3.21. The molecule has 0 amide bonds. The van der Waals surface area contributed by atoms with Crippen molar-refractivity contribution in [1.29, 1.82) is 0 Å². The standard InChI is InChI=1S/C12H9ClINS/c13-9-3-1-2-4-11(9)16-12-6-5-8(14)7-10(12)15/h1-7H,15H2. The highest BCUT2D eigenvalue weighted by Gasteiger charge is 2.05. The Kier molecular flexibility index (Phi) is 4.00. The number of benzene rings is 2. The molecule has 0 aliphatic rings. The first-order chi connectivity index (χ1) is 7.66. The summed E-state index contributed by atoms with van der Waals surface area (Å²) in [6.07, 6.45) is 0. The average Bonchev–Trinajstić information content (AvgIpc) is 2.25. The Morgan fingerprint density at radius 1 is 1.06 bits per heavy atom. The van der Waals surface area contributed by atoms with Crippen molar-refractivity contribution in [3.05, 3.63) is 51.1 Å². The van der Waals surface area contributed by atoms with Gasteiger partial charge in [-0.25, -0.2) is 0 Å². The second-order valence-corrected chi connectivity index (χ2v) is 5.95. The maximum absolute atomic E-state index is 6.09. The van der Waals surface area contributed by atoms with Gasteiger partial charge in [-0.15, -0.1) is 0 Å². The fourth-order valence-electron chi connectivity index (χ4n) is 1.26. The van der Waals surface area contributed by atoms with Crippen LogP contribution >= 0.6 is 46.0 Å². The molecule has 0 bridgehead atoms. The van der Waals surface area contributed by atoms with E-state index < -0.39 is 0 Å². The zero-order valence-electron chi connectivity index (χ0n) is 8.28. The molecular formula is C12H9ClINS. The van der Waals surface area contributed by atoms with Crippen LogP contribution in [0.4, 0.5) is 5.69 Å². The minimum atomic E-state index is 0.755. The summed E-state index contributed by atoms with van der Waals surface area (Å²) in [5.74, 6) is 0. The lowest BCUT2D eigenvalue weighted by Gasteiger charge is -2.07. The van der Waals surface area contributed by atoms with Crippen LogP contribution in [0.1, 0.15) is 0 Å². The Hall–Kier alpha value is -0.390. The highest BCUT2D eigenvalue weighted by Crippen LogP contribution is 2.36. The third-order valence-corrected chi connectivity index (χ3v) is 4.31. The molecule has 0 spiro atoms. The van der Waals surface area contributed by atoms with Gasteiger partial charge >= 0.3 is 0 Å². The van der Waals surface area contributed by atoms with Gasteiger partial charge in [0.1, 0.15) is 0 Å². The fraction of sp³-hybridized carbons (Fsp3) is 0. The summed E-state index contributed by atoms with van der Waals surface area (Å²) in [7, 11) is 0. The Morgan fingerprint density at radius 3 is 2.50 bits per heavy atom. The first-order valence-corrected chi connectivity index (χ1v) is 6.91. The summed E-state index contributed by atoms with van der Waals surface area (Å²) in [4.78, 5) is 2.06. The number of nitrogen functional groups attached to an aromatic ring is 1. The van der Waals surface area contributed by atoms with Crippen LogP contribution in [-0.2, 0) is 0 Å². The van der Waals surface area contributed by atoms with Gasteiger partial charge in [-0.2, -0.15) is 0 Å². The summed E-state index contributed by atoms with van der Waals surface area (Å²) >= 11 is 9.93. The smallest absolute Gasteiger partial charge is 0.0545 e. The molecular weight excluding hydrogens is 353 g/mol. The van der Waals surface area contributed by atoms with Crippen molar-refractivity contribution in [2.75, 3.05) is 5.73 Å². The van der Waals surface area contributed by atoms with Crippen LogP contribution in [0.2, 0.25) is 5.02 Å². The molecule has 2 aromatic carbocycles. The molecule has 0 aliphatic carbocycles. The fourth-order valence-corrected chi connectivity index (χ4v) is 2.89. The van der Waals surface area contributed by atoms with Gasteiger partial charge in [-0.3, -0.25) is 0 Å². The van der Waals surface area contributed by atoms with Crippen LogP contribution in [0.25, 0.3) is 0 Å². The van der Waals surface area contributed by atoms with Crippen LogP contribution in [0.5, 0.6) is 0 Å². The van der Waals surface area contributed by atoms with Gasteiger partial charge in [-0.1, -0.05) is 35.5 Å². The van der Waals surface area contributed by atoms with Crippen molar-refractivity contribution in [3.63, 3.8) is 0 Å². The Bertz CT molecular complexity index is 516. The minimum absolute atomic E-state index is 0.755. The van der Waals surface area contributed by atoms with E-state index in [2.05, 4.69) is 22.6 Å². The molecule has 0 aromatic heterocycles. The van der Waals surface area contributed by atoms with Crippen molar-refractivity contribution < 1.29 is 0 Å². The number of halogens is 2. The van der Waals surface area contributed by atoms with Crippen LogP contribution in [0.15, 0.2) is 52.3 Å². The normalized spacial score (nSPS) is 10.4. The number of anilines is 1. The Morgan fingerprint density at radius 2 is 1.81 bits per heavy atom. The van der Waals surface area contributed by atoms with E-state index in [-0.39, 0.29) is 0 Å². The SMILES string of the molecule is Nc1cc(I)ccc1Sc1ccccc1Cl. The minimum Gasteiger partial charge on any atom is -0.398 e. The van der Waals surface area contributed by atoms with E-state index in [9.17, 15) is 0 Å². The molecule has 4 heteroatoms. The molecule has 16 heavy (non-hydrogen) atoms. The summed E-state index contributed by atoms with van der Waals surface area (Å²) in [6.45, 7) is 0. The van der Waals surface area contributed by atoms with Crippen LogP contribution in [-0.4, -0.2) is 0 Å². The van der Waals surface area contributed by atoms with Gasteiger partial charge in [0.05, 0.1) is 5.02 Å². The van der Waals surface area contributed by atoms with Crippen molar-refractivity contribution >= 4 is 51.6 Å². The van der Waals surface area contributed by atoms with Gasteiger partial charge in [0.2, 0.25) is 0 Å². The topological polar surface area (TPSA) is 26.0 Å². The summed E-state index contributed by atoms with van der Waals surface area (Å²) in [6, 6.07) is 13.8. The molecule has 0 heterocycles. The van der Waals surface area contributed by atoms with Gasteiger partial charge in [0.25, 0.3) is 0 Å². The number of rotatable bonds is 2. The van der Waals surface area contributed by atoms with E-state index in [4.69, 9.17) is 17.3 Å². The molecule has 0 saturated heterocycles. The zero-order valence-corrected chi connectivity index (χ0v) is 12.0. The van der Waals surface area contributed by atoms with Gasteiger partial charge in [0, 0.05) is 19.0 Å². The van der Waals surface area contributed by atoms with Crippen molar-refractivity contribution in [2.24, 2.45) is 0 Å². The Balaban J connectivity index is 2.31. The monoisotopic (exact) mass is 361 g/mol. The molecule has 0 atom stereocenters. The highest BCUT2D eigenvalue weighted by molar-refractivity contribution is 14.1. The van der Waals surface area contributed by atoms with E-state index in [1.54, 1.807) is 11.8 Å². The first-order valence-electron chi connectivity index (χ1n) is 4.64. The molecule has 2 rings (SSSR count). The van der Waals surface area contributed by atoms with Gasteiger partial charge in [0.15, 0.2) is 0 Å². The van der Waals surface area contributed by atoms with E-state index in [0.717, 1.165) is 24.1 Å². The largest absolute Gasteiger partial charge is 0.398 e. The molecule has 0 fully saturated rings. The molecule has 2 aromatic rings. The Labute approximate surface area is 118 Å². The van der Waals surface area contributed by atoms with Crippen LogP contribution in [0.3, 0.4) is 0 Å². The van der Waals surface area contributed by atoms with E-state index in [0.29, 0.717) is 0 Å². The lowest BCUT2D eigenvalue weighted by atomic mass is 10.3. The van der Waals surface area contributed by atoms with Gasteiger partial charge < -0.3 is 5.73 Å². The van der Waals surface area contributed by atoms with E-state index >= 15 is 0 Å². The first kappa shape index (κ1) is 12.1. The second kappa shape index (κ2) is 5.29. The molecule has 0 aliphatic heterocycles. The maximum Gasteiger partial charge on any atom is 0.0545 e. The number of hydrogen-bond donors (Lipinski definition) is 1. The average molecular weight is 362 g/mol. The zero-order chi connectivity index (χ0) is 11.5. The number of hydrogen-bond acceptors (Lipinski definition) is 2. The molecule has 0 unspecified atom stereocenters. The highest BCUT2D eigenvalue weighted by atomic mass is 127. The molecule has 2 N–H and O–H groups in total. The van der Waals surface area contributed by atoms with Crippen molar-refractivity contribution in [2.45, 2.75) is 9.79 Å². The molecule has 0 radical (unpaired) electrons. The molecule has 82 valence electrons. The quantitative estimate of drug-likeness (QED) is 0.621. The molecule has 1 nitrogen and oxygen atoms in total. The van der Waals surface area contributed by atoms with Crippen molar-refractivity contribution in [3.8, 4) is 0 Å². The summed E-state index contributed by atoms with van der Waals surface area (Å²) in [5, 5.41) is 0.755. The summed E-state index contributed by atoms with van der Waals surface area (Å²) < 4.78 is 1.14. The van der Waals surface area contributed by atoms with Crippen molar-refractivity contribution in [1.82, 2.24) is 0 Å². The summed E-state index contributed by atoms with van der Waals surface area (Å²) in [5.41, 5.74) is 6.74. The lowest BCUT2D eigenvalue weighted by Crippen LogP contribution is -1.89. The molecule has 0 saturated carbocycles. The maximum atomic E-state index is 6.09. The van der Waals surface area contributed by atoms with Crippen LogP contribution < -0.4 is 5.73 Å². The number of nitrogens with two attached hydrogens (primary N) is 1. The van der Waals surface area contributed by atoms with Crippen LogP contribution in [0, 0.1) is 3.57 Å².